The first-order chi connectivity index (χ1) is 4.33. The van der Waals surface area contributed by atoms with E-state index in [1.807, 2.05) is 13.1 Å². The van der Waals surface area contributed by atoms with Gasteiger partial charge in [0.05, 0.1) is 0 Å². The molecule has 2 heteroatoms. The molecule has 1 N–H and O–H groups in total. The van der Waals surface area contributed by atoms with Gasteiger partial charge in [0.1, 0.15) is 6.17 Å². The van der Waals surface area contributed by atoms with Crippen molar-refractivity contribution >= 4 is 0 Å². The van der Waals surface area contributed by atoms with Crippen molar-refractivity contribution < 1.29 is 4.39 Å². The SMILES string of the molecule is CNC1=CCC(F)C=C1. The minimum atomic E-state index is -0.776. The predicted molar refractivity (Wildman–Crippen MR) is 35.8 cm³/mol. The molecule has 0 amide bonds. The first-order valence-corrected chi connectivity index (χ1v) is 3.03. The van der Waals surface area contributed by atoms with Crippen molar-refractivity contribution in [1.29, 1.82) is 0 Å². The largest absolute Gasteiger partial charge is 0.388 e. The molecule has 0 aromatic heterocycles. The molecular weight excluding hydrogens is 117 g/mol. The molecule has 0 spiro atoms. The fourth-order valence-electron chi connectivity index (χ4n) is 0.780. The molecule has 0 aromatic carbocycles. The minimum Gasteiger partial charge on any atom is -0.388 e. The molecule has 0 saturated carbocycles. The summed E-state index contributed by atoms with van der Waals surface area (Å²) in [5.41, 5.74) is 1.00. The number of hydrogen-bond donors (Lipinski definition) is 1. The summed E-state index contributed by atoms with van der Waals surface area (Å²) >= 11 is 0. The van der Waals surface area contributed by atoms with E-state index in [0.717, 1.165) is 5.70 Å². The standard InChI is InChI=1S/C7H10FN/c1-9-7-4-2-6(8)3-5-7/h2,4-6,9H,3H2,1H3. The van der Waals surface area contributed by atoms with Crippen LogP contribution in [0.5, 0.6) is 0 Å². The van der Waals surface area contributed by atoms with Crippen molar-refractivity contribution in [1.82, 2.24) is 5.32 Å². The summed E-state index contributed by atoms with van der Waals surface area (Å²) in [5, 5.41) is 2.93. The Balaban J connectivity index is 2.52. The van der Waals surface area contributed by atoms with Crippen LogP contribution in [-0.4, -0.2) is 13.2 Å². The second kappa shape index (κ2) is 2.67. The van der Waals surface area contributed by atoms with Crippen LogP contribution in [0.15, 0.2) is 23.9 Å². The van der Waals surface area contributed by atoms with Crippen molar-refractivity contribution in [3.05, 3.63) is 23.9 Å². The number of halogens is 1. The van der Waals surface area contributed by atoms with Crippen molar-refractivity contribution in [3.63, 3.8) is 0 Å². The van der Waals surface area contributed by atoms with E-state index in [-0.39, 0.29) is 0 Å². The van der Waals surface area contributed by atoms with E-state index < -0.39 is 6.17 Å². The van der Waals surface area contributed by atoms with E-state index in [4.69, 9.17) is 0 Å². The third-order valence-electron chi connectivity index (χ3n) is 1.34. The summed E-state index contributed by atoms with van der Waals surface area (Å²) in [6, 6.07) is 0. The molecule has 1 nitrogen and oxygen atoms in total. The number of nitrogens with one attached hydrogen (secondary N) is 1. The number of alkyl halides is 1. The zero-order valence-corrected chi connectivity index (χ0v) is 5.39. The highest BCUT2D eigenvalue weighted by Gasteiger charge is 2.03. The van der Waals surface area contributed by atoms with Crippen LogP contribution in [0.2, 0.25) is 0 Å². The molecule has 0 radical (unpaired) electrons. The lowest BCUT2D eigenvalue weighted by Gasteiger charge is -2.07. The van der Waals surface area contributed by atoms with Gasteiger partial charge < -0.3 is 5.32 Å². The topological polar surface area (TPSA) is 12.0 Å². The Hall–Kier alpha value is -0.790. The lowest BCUT2D eigenvalue weighted by molar-refractivity contribution is 0.400. The molecule has 1 aliphatic carbocycles. The average molecular weight is 127 g/mol. The fraction of sp³-hybridized carbons (Fsp3) is 0.429. The van der Waals surface area contributed by atoms with Gasteiger partial charge >= 0.3 is 0 Å². The van der Waals surface area contributed by atoms with Crippen LogP contribution in [0.4, 0.5) is 4.39 Å². The smallest absolute Gasteiger partial charge is 0.122 e. The fourth-order valence-corrected chi connectivity index (χ4v) is 0.780. The molecule has 1 atom stereocenters. The summed E-state index contributed by atoms with van der Waals surface area (Å²) in [5.74, 6) is 0. The molecule has 1 rings (SSSR count). The third kappa shape index (κ3) is 1.56. The molecular formula is C7H10FN. The van der Waals surface area contributed by atoms with Gasteiger partial charge in [-0.05, 0) is 12.2 Å². The lowest BCUT2D eigenvalue weighted by Crippen LogP contribution is -2.08. The predicted octanol–water partition coefficient (Wildman–Crippen LogP) is 1.39. The van der Waals surface area contributed by atoms with Crippen LogP contribution in [0.25, 0.3) is 0 Å². The second-order valence-corrected chi connectivity index (χ2v) is 2.02. The van der Waals surface area contributed by atoms with Gasteiger partial charge in [-0.1, -0.05) is 6.08 Å². The van der Waals surface area contributed by atoms with Crippen LogP contribution in [0.1, 0.15) is 6.42 Å². The molecule has 0 aliphatic heterocycles. The summed E-state index contributed by atoms with van der Waals surface area (Å²) in [6.45, 7) is 0. The summed E-state index contributed by atoms with van der Waals surface area (Å²) < 4.78 is 12.3. The maximum atomic E-state index is 12.3. The van der Waals surface area contributed by atoms with E-state index in [9.17, 15) is 4.39 Å². The molecule has 1 aliphatic rings. The van der Waals surface area contributed by atoms with Gasteiger partial charge in [0.2, 0.25) is 0 Å². The van der Waals surface area contributed by atoms with Gasteiger partial charge in [0, 0.05) is 19.2 Å². The third-order valence-corrected chi connectivity index (χ3v) is 1.34. The van der Waals surface area contributed by atoms with Crippen molar-refractivity contribution in [3.8, 4) is 0 Å². The molecule has 0 fully saturated rings. The zero-order valence-electron chi connectivity index (χ0n) is 5.39. The van der Waals surface area contributed by atoms with Gasteiger partial charge in [0.15, 0.2) is 0 Å². The normalized spacial score (nSPS) is 25.6. The number of rotatable bonds is 1. The van der Waals surface area contributed by atoms with Gasteiger partial charge in [-0.25, -0.2) is 4.39 Å². The van der Waals surface area contributed by atoms with E-state index in [2.05, 4.69) is 5.32 Å². The molecule has 1 unspecified atom stereocenters. The summed E-state index contributed by atoms with van der Waals surface area (Å²) in [4.78, 5) is 0. The number of likely N-dealkylation sites (N-methyl/N-ethyl adjacent to an activating group) is 1. The molecule has 0 bridgehead atoms. The molecule has 0 heterocycles. The minimum absolute atomic E-state index is 0.507. The van der Waals surface area contributed by atoms with Crippen LogP contribution in [0.3, 0.4) is 0 Å². The highest BCUT2D eigenvalue weighted by atomic mass is 19.1. The molecule has 0 aromatic rings. The molecule has 0 saturated heterocycles. The van der Waals surface area contributed by atoms with Crippen molar-refractivity contribution in [2.24, 2.45) is 0 Å². The Bertz CT molecular complexity index is 149. The van der Waals surface area contributed by atoms with Gasteiger partial charge in [-0.15, -0.1) is 0 Å². The second-order valence-electron chi connectivity index (χ2n) is 2.02. The molecule has 50 valence electrons. The quantitative estimate of drug-likeness (QED) is 0.561. The van der Waals surface area contributed by atoms with Crippen LogP contribution in [0, 0.1) is 0 Å². The van der Waals surface area contributed by atoms with Crippen LogP contribution < -0.4 is 5.32 Å². The Morgan fingerprint density at radius 1 is 1.78 bits per heavy atom. The Kier molecular flexibility index (Phi) is 1.88. The van der Waals surface area contributed by atoms with Gasteiger partial charge in [0.25, 0.3) is 0 Å². The van der Waals surface area contributed by atoms with Crippen LogP contribution >= 0.6 is 0 Å². The first kappa shape index (κ1) is 6.33. The maximum absolute atomic E-state index is 12.3. The summed E-state index contributed by atoms with van der Waals surface area (Å²) in [6.07, 6.45) is 4.90. The zero-order chi connectivity index (χ0) is 6.69. The molecule has 9 heavy (non-hydrogen) atoms. The average Bonchev–Trinajstić information content (AvgIpc) is 1.90. The number of hydrogen-bond acceptors (Lipinski definition) is 1. The highest BCUT2D eigenvalue weighted by molar-refractivity contribution is 5.22. The Morgan fingerprint density at radius 3 is 3.00 bits per heavy atom. The number of allylic oxidation sites excluding steroid dienone is 3. The Morgan fingerprint density at radius 2 is 2.56 bits per heavy atom. The van der Waals surface area contributed by atoms with E-state index in [1.54, 1.807) is 12.2 Å². The monoisotopic (exact) mass is 127 g/mol. The maximum Gasteiger partial charge on any atom is 0.122 e. The van der Waals surface area contributed by atoms with Crippen LogP contribution in [-0.2, 0) is 0 Å². The van der Waals surface area contributed by atoms with Crippen molar-refractivity contribution in [2.75, 3.05) is 7.05 Å². The van der Waals surface area contributed by atoms with E-state index in [1.165, 1.54) is 0 Å². The van der Waals surface area contributed by atoms with Gasteiger partial charge in [-0.3, -0.25) is 0 Å². The van der Waals surface area contributed by atoms with Crippen molar-refractivity contribution in [2.45, 2.75) is 12.6 Å². The van der Waals surface area contributed by atoms with E-state index >= 15 is 0 Å². The Labute approximate surface area is 54.3 Å². The lowest BCUT2D eigenvalue weighted by atomic mass is 10.1. The first-order valence-electron chi connectivity index (χ1n) is 3.03. The van der Waals surface area contributed by atoms with Gasteiger partial charge in [-0.2, -0.15) is 0 Å². The summed E-state index contributed by atoms with van der Waals surface area (Å²) in [7, 11) is 1.83. The highest BCUT2D eigenvalue weighted by Crippen LogP contribution is 2.09. The van der Waals surface area contributed by atoms with E-state index in [0.29, 0.717) is 6.42 Å².